The summed E-state index contributed by atoms with van der Waals surface area (Å²) in [6, 6.07) is 17.9. The van der Waals surface area contributed by atoms with Gasteiger partial charge in [0.2, 0.25) is 0 Å². The minimum Gasteiger partial charge on any atom is -0.121 e. The molecule has 2 unspecified atom stereocenters. The normalized spacial score (nSPS) is 24.9. The van der Waals surface area contributed by atoms with E-state index in [1.165, 1.54) is 17.7 Å². The third kappa shape index (κ3) is 1.45. The fraction of sp³-hybridized carbons (Fsp3) is 0.250. The van der Waals surface area contributed by atoms with E-state index >= 15 is 0 Å². The highest BCUT2D eigenvalue weighted by molar-refractivity contribution is 8.00. The Labute approximate surface area is 106 Å². The van der Waals surface area contributed by atoms with Crippen LogP contribution in [0.25, 0.3) is 0 Å². The summed E-state index contributed by atoms with van der Waals surface area (Å²) < 4.78 is 0. The molecule has 0 radical (unpaired) electrons. The molecule has 1 heterocycles. The molecule has 0 N–H and O–H groups in total. The van der Waals surface area contributed by atoms with Crippen LogP contribution in [0.2, 0.25) is 0 Å². The Hall–Kier alpha value is -1.21. The molecule has 0 nitrogen and oxygen atoms in total. The lowest BCUT2D eigenvalue weighted by molar-refractivity contribution is 0.609. The molecule has 2 aromatic rings. The van der Waals surface area contributed by atoms with Crippen LogP contribution in [0, 0.1) is 0 Å². The molecule has 0 saturated heterocycles. The molecule has 0 saturated carbocycles. The molecular weight excluding hydrogens is 224 g/mol. The van der Waals surface area contributed by atoms with Crippen LogP contribution in [0.5, 0.6) is 0 Å². The van der Waals surface area contributed by atoms with Crippen LogP contribution in [0.1, 0.15) is 22.6 Å². The smallest absolute Gasteiger partial charge is 0.0207 e. The second kappa shape index (κ2) is 3.64. The van der Waals surface area contributed by atoms with Crippen LogP contribution < -0.4 is 0 Å². The molecule has 84 valence electrons. The van der Waals surface area contributed by atoms with E-state index in [1.807, 2.05) is 0 Å². The second-order valence-corrected chi connectivity index (χ2v) is 6.26. The summed E-state index contributed by atoms with van der Waals surface area (Å²) in [4.78, 5) is 1.51. The van der Waals surface area contributed by atoms with Gasteiger partial charge in [-0.1, -0.05) is 42.5 Å². The zero-order valence-electron chi connectivity index (χ0n) is 9.60. The topological polar surface area (TPSA) is 0 Å². The van der Waals surface area contributed by atoms with Crippen molar-refractivity contribution >= 4 is 11.8 Å². The molecule has 0 bridgehead atoms. The summed E-state index contributed by atoms with van der Waals surface area (Å²) in [5.74, 6) is 0.742. The zero-order chi connectivity index (χ0) is 11.2. The first-order valence-electron chi connectivity index (χ1n) is 6.24. The Morgan fingerprint density at radius 1 is 0.824 bits per heavy atom. The van der Waals surface area contributed by atoms with Crippen molar-refractivity contribution in [1.29, 1.82) is 0 Å². The van der Waals surface area contributed by atoms with Gasteiger partial charge in [-0.15, -0.1) is 11.8 Å². The zero-order valence-corrected chi connectivity index (χ0v) is 10.4. The SMILES string of the molecule is c1ccc2c(c1)CC1Sc3ccccc3C1C2. The summed E-state index contributed by atoms with van der Waals surface area (Å²) in [6.07, 6.45) is 2.46. The quantitative estimate of drug-likeness (QED) is 0.667. The summed E-state index contributed by atoms with van der Waals surface area (Å²) >= 11 is 2.08. The van der Waals surface area contributed by atoms with Gasteiger partial charge < -0.3 is 0 Å². The molecule has 2 aromatic carbocycles. The third-order valence-corrected chi connectivity index (χ3v) is 5.45. The van der Waals surface area contributed by atoms with Crippen molar-refractivity contribution in [2.24, 2.45) is 0 Å². The van der Waals surface area contributed by atoms with E-state index in [-0.39, 0.29) is 0 Å². The molecule has 0 fully saturated rings. The Kier molecular flexibility index (Phi) is 2.10. The molecular formula is C16H14S. The van der Waals surface area contributed by atoms with Crippen molar-refractivity contribution in [2.75, 3.05) is 0 Å². The van der Waals surface area contributed by atoms with Crippen LogP contribution in [-0.2, 0) is 12.8 Å². The first-order chi connectivity index (χ1) is 8.42. The highest BCUT2D eigenvalue weighted by atomic mass is 32.2. The summed E-state index contributed by atoms with van der Waals surface area (Å²) in [5.41, 5.74) is 4.71. The van der Waals surface area contributed by atoms with Crippen LogP contribution in [-0.4, -0.2) is 5.25 Å². The first-order valence-corrected chi connectivity index (χ1v) is 7.12. The standard InChI is InChI=1S/C16H14S/c1-2-6-12-10-16-14(9-11(12)5-1)13-7-3-4-8-15(13)17-16/h1-8,14,16H,9-10H2. The molecule has 1 aliphatic heterocycles. The number of rotatable bonds is 0. The number of hydrogen-bond donors (Lipinski definition) is 0. The average Bonchev–Trinajstić information content (AvgIpc) is 2.73. The first kappa shape index (κ1) is 9.78. The van der Waals surface area contributed by atoms with Gasteiger partial charge in [0, 0.05) is 16.1 Å². The molecule has 0 amide bonds. The highest BCUT2D eigenvalue weighted by Crippen LogP contribution is 2.50. The average molecular weight is 238 g/mol. The monoisotopic (exact) mass is 238 g/mol. The third-order valence-electron chi connectivity index (χ3n) is 4.02. The maximum absolute atomic E-state index is 2.32. The van der Waals surface area contributed by atoms with Crippen LogP contribution in [0.4, 0.5) is 0 Å². The molecule has 1 aliphatic carbocycles. The van der Waals surface area contributed by atoms with E-state index in [2.05, 4.69) is 60.3 Å². The Morgan fingerprint density at radius 2 is 1.53 bits per heavy atom. The van der Waals surface area contributed by atoms with Gasteiger partial charge in [0.15, 0.2) is 0 Å². The lowest BCUT2D eigenvalue weighted by atomic mass is 9.80. The lowest BCUT2D eigenvalue weighted by Crippen LogP contribution is -2.22. The molecule has 17 heavy (non-hydrogen) atoms. The van der Waals surface area contributed by atoms with Gasteiger partial charge in [0.1, 0.15) is 0 Å². The summed E-state index contributed by atoms with van der Waals surface area (Å²) in [7, 11) is 0. The predicted molar refractivity (Wildman–Crippen MR) is 72.7 cm³/mol. The molecule has 2 atom stereocenters. The van der Waals surface area contributed by atoms with Crippen molar-refractivity contribution in [3.63, 3.8) is 0 Å². The number of benzene rings is 2. The van der Waals surface area contributed by atoms with Crippen molar-refractivity contribution < 1.29 is 0 Å². The van der Waals surface area contributed by atoms with E-state index < -0.39 is 0 Å². The fourth-order valence-electron chi connectivity index (χ4n) is 3.17. The largest absolute Gasteiger partial charge is 0.121 e. The van der Waals surface area contributed by atoms with E-state index in [0.717, 1.165) is 11.2 Å². The van der Waals surface area contributed by atoms with E-state index in [0.29, 0.717) is 0 Å². The van der Waals surface area contributed by atoms with Gasteiger partial charge in [-0.25, -0.2) is 0 Å². The number of thioether (sulfide) groups is 1. The maximum Gasteiger partial charge on any atom is 0.0207 e. The van der Waals surface area contributed by atoms with Crippen molar-refractivity contribution in [3.05, 3.63) is 65.2 Å². The van der Waals surface area contributed by atoms with Crippen LogP contribution >= 0.6 is 11.8 Å². The van der Waals surface area contributed by atoms with Gasteiger partial charge >= 0.3 is 0 Å². The van der Waals surface area contributed by atoms with Crippen molar-refractivity contribution in [3.8, 4) is 0 Å². The Bertz CT molecular complexity index is 567. The molecule has 0 aromatic heterocycles. The number of fused-ring (bicyclic) bond motifs is 4. The fourth-order valence-corrected chi connectivity index (χ4v) is 4.68. The molecule has 1 heteroatoms. The highest BCUT2D eigenvalue weighted by Gasteiger charge is 2.36. The maximum atomic E-state index is 2.32. The minimum absolute atomic E-state index is 0.742. The van der Waals surface area contributed by atoms with Gasteiger partial charge in [0.05, 0.1) is 0 Å². The second-order valence-electron chi connectivity index (χ2n) is 4.98. The molecule has 4 rings (SSSR count). The van der Waals surface area contributed by atoms with E-state index in [1.54, 1.807) is 16.7 Å². The molecule has 0 spiro atoms. The van der Waals surface area contributed by atoms with E-state index in [4.69, 9.17) is 0 Å². The predicted octanol–water partition coefficient (Wildman–Crippen LogP) is 4.04. The van der Waals surface area contributed by atoms with Crippen molar-refractivity contribution in [1.82, 2.24) is 0 Å². The Balaban J connectivity index is 1.79. The van der Waals surface area contributed by atoms with E-state index in [9.17, 15) is 0 Å². The molecule has 2 aliphatic rings. The van der Waals surface area contributed by atoms with Gasteiger partial charge in [0.25, 0.3) is 0 Å². The van der Waals surface area contributed by atoms with Gasteiger partial charge in [-0.05, 0) is 35.6 Å². The Morgan fingerprint density at radius 3 is 2.41 bits per heavy atom. The summed E-state index contributed by atoms with van der Waals surface area (Å²) in [5, 5.41) is 0.766. The summed E-state index contributed by atoms with van der Waals surface area (Å²) in [6.45, 7) is 0. The van der Waals surface area contributed by atoms with Crippen LogP contribution in [0.15, 0.2) is 53.4 Å². The van der Waals surface area contributed by atoms with Gasteiger partial charge in [-0.2, -0.15) is 0 Å². The number of hydrogen-bond acceptors (Lipinski definition) is 1. The van der Waals surface area contributed by atoms with Crippen LogP contribution in [0.3, 0.4) is 0 Å². The minimum atomic E-state index is 0.742. The van der Waals surface area contributed by atoms with Crippen molar-refractivity contribution in [2.45, 2.75) is 28.9 Å². The van der Waals surface area contributed by atoms with Gasteiger partial charge in [-0.3, -0.25) is 0 Å². The lowest BCUT2D eigenvalue weighted by Gasteiger charge is -2.27.